The van der Waals surface area contributed by atoms with Crippen LogP contribution in [0.5, 0.6) is 0 Å². The van der Waals surface area contributed by atoms with Crippen LogP contribution in [0, 0.1) is 11.3 Å². The predicted octanol–water partition coefficient (Wildman–Crippen LogP) is 2.97. The lowest BCUT2D eigenvalue weighted by Gasteiger charge is -2.42. The van der Waals surface area contributed by atoms with Gasteiger partial charge < -0.3 is 15.8 Å². The molecule has 2 atom stereocenters. The molecule has 0 radical (unpaired) electrons. The van der Waals surface area contributed by atoms with Crippen molar-refractivity contribution in [2.75, 3.05) is 6.54 Å². The molecule has 0 spiro atoms. The Hall–Kier alpha value is -1.26. The lowest BCUT2D eigenvalue weighted by Crippen LogP contribution is -2.55. The second-order valence-electron chi connectivity index (χ2n) is 6.54. The van der Waals surface area contributed by atoms with E-state index < -0.39 is 5.41 Å². The number of hydrogen-bond acceptors (Lipinski definition) is 3. The van der Waals surface area contributed by atoms with Crippen molar-refractivity contribution in [3.8, 4) is 0 Å². The molecule has 5 heteroatoms. The van der Waals surface area contributed by atoms with Crippen LogP contribution in [0.15, 0.2) is 5.16 Å². The summed E-state index contributed by atoms with van der Waals surface area (Å²) in [6.07, 6.45) is 4.99. The highest BCUT2D eigenvalue weighted by Gasteiger charge is 2.45. The van der Waals surface area contributed by atoms with Gasteiger partial charge in [0, 0.05) is 12.6 Å². The quantitative estimate of drug-likeness (QED) is 0.342. The molecule has 1 amide bonds. The van der Waals surface area contributed by atoms with Crippen molar-refractivity contribution in [3.05, 3.63) is 0 Å². The lowest BCUT2D eigenvalue weighted by atomic mass is 9.75. The monoisotopic (exact) mass is 297 g/mol. The van der Waals surface area contributed by atoms with Gasteiger partial charge in [-0.2, -0.15) is 0 Å². The Labute approximate surface area is 128 Å². The highest BCUT2D eigenvalue weighted by molar-refractivity contribution is 6.06. The van der Waals surface area contributed by atoms with Crippen LogP contribution in [0.25, 0.3) is 0 Å². The van der Waals surface area contributed by atoms with Crippen LogP contribution in [-0.4, -0.2) is 34.4 Å². The van der Waals surface area contributed by atoms with Crippen LogP contribution in [-0.2, 0) is 4.79 Å². The van der Waals surface area contributed by atoms with Gasteiger partial charge in [-0.05, 0) is 38.5 Å². The Morgan fingerprint density at radius 2 is 1.90 bits per heavy atom. The molecule has 0 bridgehead atoms. The van der Waals surface area contributed by atoms with Gasteiger partial charge in [0.05, 0.1) is 0 Å². The highest BCUT2D eigenvalue weighted by atomic mass is 16.4. The van der Waals surface area contributed by atoms with Crippen LogP contribution >= 0.6 is 0 Å². The van der Waals surface area contributed by atoms with Crippen molar-refractivity contribution in [3.63, 3.8) is 0 Å². The van der Waals surface area contributed by atoms with E-state index in [0.717, 1.165) is 32.2 Å². The third kappa shape index (κ3) is 3.69. The molecule has 0 aliphatic carbocycles. The summed E-state index contributed by atoms with van der Waals surface area (Å²) in [4.78, 5) is 15.1. The SMILES string of the molecule is CCCC(CCC)(C(=O)N1CCC(C)CC1C)C(N)=NO. The van der Waals surface area contributed by atoms with E-state index in [1.54, 1.807) is 0 Å². The van der Waals surface area contributed by atoms with Gasteiger partial charge in [0.1, 0.15) is 5.41 Å². The molecule has 1 saturated heterocycles. The Morgan fingerprint density at radius 1 is 1.33 bits per heavy atom. The number of hydrogen-bond donors (Lipinski definition) is 2. The van der Waals surface area contributed by atoms with E-state index in [1.165, 1.54) is 0 Å². The minimum Gasteiger partial charge on any atom is -0.409 e. The van der Waals surface area contributed by atoms with Gasteiger partial charge in [0.2, 0.25) is 5.91 Å². The zero-order valence-electron chi connectivity index (χ0n) is 13.9. The Bertz CT molecular complexity index is 376. The average Bonchev–Trinajstić information content (AvgIpc) is 2.45. The molecule has 1 aliphatic heterocycles. The smallest absolute Gasteiger partial charge is 0.236 e. The first-order valence-corrected chi connectivity index (χ1v) is 8.22. The van der Waals surface area contributed by atoms with Crippen molar-refractivity contribution in [2.24, 2.45) is 22.2 Å². The summed E-state index contributed by atoms with van der Waals surface area (Å²) in [5.74, 6) is 0.766. The molecular formula is C16H31N3O2. The number of nitrogens with zero attached hydrogens (tertiary/aromatic N) is 2. The second kappa shape index (κ2) is 7.66. The molecule has 0 aromatic carbocycles. The van der Waals surface area contributed by atoms with E-state index in [2.05, 4.69) is 19.0 Å². The van der Waals surface area contributed by atoms with Gasteiger partial charge in [-0.3, -0.25) is 4.79 Å². The van der Waals surface area contributed by atoms with Gasteiger partial charge in [0.25, 0.3) is 0 Å². The number of rotatable bonds is 6. The summed E-state index contributed by atoms with van der Waals surface area (Å²) in [5.41, 5.74) is 5.12. The van der Waals surface area contributed by atoms with Crippen LogP contribution < -0.4 is 5.73 Å². The minimum absolute atomic E-state index is 0.0425. The van der Waals surface area contributed by atoms with E-state index in [-0.39, 0.29) is 17.8 Å². The van der Waals surface area contributed by atoms with E-state index in [0.29, 0.717) is 18.8 Å². The van der Waals surface area contributed by atoms with Crippen molar-refractivity contribution in [2.45, 2.75) is 72.3 Å². The van der Waals surface area contributed by atoms with E-state index >= 15 is 0 Å². The number of piperidine rings is 1. The summed E-state index contributed by atoms with van der Waals surface area (Å²) >= 11 is 0. The molecule has 1 rings (SSSR count). The maximum absolute atomic E-state index is 13.2. The summed E-state index contributed by atoms with van der Waals surface area (Å²) in [5, 5.41) is 12.4. The van der Waals surface area contributed by atoms with Crippen molar-refractivity contribution >= 4 is 11.7 Å². The highest BCUT2D eigenvalue weighted by Crippen LogP contribution is 2.35. The van der Waals surface area contributed by atoms with Gasteiger partial charge in [-0.15, -0.1) is 0 Å². The first-order chi connectivity index (χ1) is 9.92. The van der Waals surface area contributed by atoms with Crippen LogP contribution in [0.1, 0.15) is 66.2 Å². The van der Waals surface area contributed by atoms with Crippen molar-refractivity contribution in [1.82, 2.24) is 4.90 Å². The van der Waals surface area contributed by atoms with Crippen molar-refractivity contribution in [1.29, 1.82) is 0 Å². The van der Waals surface area contributed by atoms with E-state index in [4.69, 9.17) is 5.73 Å². The maximum atomic E-state index is 13.2. The molecule has 1 fully saturated rings. The van der Waals surface area contributed by atoms with Gasteiger partial charge in [-0.1, -0.05) is 38.8 Å². The standard InChI is InChI=1S/C16H31N3O2/c1-5-8-16(9-6-2,14(17)18-21)15(20)19-10-7-12(3)11-13(19)4/h12-13,21H,5-11H2,1-4H3,(H2,17,18). The third-order valence-electron chi connectivity index (χ3n) is 4.76. The first kappa shape index (κ1) is 17.8. The normalized spacial score (nSPS) is 24.2. The fraction of sp³-hybridized carbons (Fsp3) is 0.875. The predicted molar refractivity (Wildman–Crippen MR) is 85.2 cm³/mol. The van der Waals surface area contributed by atoms with E-state index in [9.17, 15) is 10.0 Å². The molecule has 1 heterocycles. The molecule has 5 nitrogen and oxygen atoms in total. The average molecular weight is 297 g/mol. The number of carbonyl (C=O) groups is 1. The van der Waals surface area contributed by atoms with Gasteiger partial charge >= 0.3 is 0 Å². The molecule has 0 saturated carbocycles. The largest absolute Gasteiger partial charge is 0.409 e. The molecular weight excluding hydrogens is 266 g/mol. The summed E-state index contributed by atoms with van der Waals surface area (Å²) < 4.78 is 0. The summed E-state index contributed by atoms with van der Waals surface area (Å²) in [6.45, 7) is 9.17. The third-order valence-corrected chi connectivity index (χ3v) is 4.76. The number of amidine groups is 1. The summed E-state index contributed by atoms with van der Waals surface area (Å²) in [6, 6.07) is 0.223. The molecule has 1 aliphatic rings. The number of oxime groups is 1. The number of amides is 1. The molecule has 122 valence electrons. The first-order valence-electron chi connectivity index (χ1n) is 8.22. The fourth-order valence-corrected chi connectivity index (χ4v) is 3.64. The van der Waals surface area contributed by atoms with Gasteiger partial charge in [-0.25, -0.2) is 0 Å². The number of carbonyl (C=O) groups excluding carboxylic acids is 1. The molecule has 0 aromatic heterocycles. The minimum atomic E-state index is -0.840. The van der Waals surface area contributed by atoms with Crippen LogP contribution in [0.2, 0.25) is 0 Å². The fourth-order valence-electron chi connectivity index (χ4n) is 3.64. The molecule has 2 unspecified atom stereocenters. The topological polar surface area (TPSA) is 78.9 Å². The zero-order chi connectivity index (χ0) is 16.0. The molecule has 21 heavy (non-hydrogen) atoms. The van der Waals surface area contributed by atoms with Crippen LogP contribution in [0.3, 0.4) is 0 Å². The second-order valence-corrected chi connectivity index (χ2v) is 6.54. The van der Waals surface area contributed by atoms with Gasteiger partial charge in [0.15, 0.2) is 5.84 Å². The Balaban J connectivity index is 3.09. The molecule has 3 N–H and O–H groups in total. The van der Waals surface area contributed by atoms with E-state index in [1.807, 2.05) is 18.7 Å². The van der Waals surface area contributed by atoms with Crippen molar-refractivity contribution < 1.29 is 10.0 Å². The lowest BCUT2D eigenvalue weighted by molar-refractivity contribution is -0.143. The number of nitrogens with two attached hydrogens (primary N) is 1. The molecule has 0 aromatic rings. The maximum Gasteiger partial charge on any atom is 0.236 e. The Kier molecular flexibility index (Phi) is 6.49. The zero-order valence-corrected chi connectivity index (χ0v) is 13.9. The summed E-state index contributed by atoms with van der Waals surface area (Å²) in [7, 11) is 0. The van der Waals surface area contributed by atoms with Crippen LogP contribution in [0.4, 0.5) is 0 Å². The Morgan fingerprint density at radius 3 is 2.33 bits per heavy atom. The number of likely N-dealkylation sites (tertiary alicyclic amines) is 1.